The highest BCUT2D eigenvalue weighted by Crippen LogP contribution is 2.63. The zero-order valence-corrected chi connectivity index (χ0v) is 10.5. The van der Waals surface area contributed by atoms with Gasteiger partial charge in [-0.15, -0.1) is 0 Å². The molecule has 0 saturated heterocycles. The summed E-state index contributed by atoms with van der Waals surface area (Å²) < 4.78 is 0. The first-order valence-electron chi connectivity index (χ1n) is 6.75. The van der Waals surface area contributed by atoms with Crippen molar-refractivity contribution in [3.05, 3.63) is 12.2 Å². The highest BCUT2D eigenvalue weighted by atomic mass is 14.6. The molecule has 0 N–H and O–H groups in total. The molecule has 0 amide bonds. The van der Waals surface area contributed by atoms with Crippen LogP contribution in [0, 0.1) is 40.9 Å². The van der Waals surface area contributed by atoms with Crippen LogP contribution in [-0.4, -0.2) is 0 Å². The Balaban J connectivity index is 1.94. The van der Waals surface area contributed by atoms with Gasteiger partial charge in [-0.25, -0.2) is 0 Å². The highest BCUT2D eigenvalue weighted by Gasteiger charge is 2.56. The van der Waals surface area contributed by atoms with Crippen molar-refractivity contribution in [1.29, 1.82) is 0 Å². The molecule has 3 aliphatic carbocycles. The van der Waals surface area contributed by atoms with Crippen LogP contribution in [0.2, 0.25) is 0 Å². The van der Waals surface area contributed by atoms with E-state index in [1.54, 1.807) is 0 Å². The van der Waals surface area contributed by atoms with Crippen LogP contribution in [0.3, 0.4) is 0 Å². The van der Waals surface area contributed by atoms with Crippen LogP contribution in [0.4, 0.5) is 0 Å². The van der Waals surface area contributed by atoms with Crippen LogP contribution in [0.25, 0.3) is 0 Å². The molecule has 2 saturated carbocycles. The van der Waals surface area contributed by atoms with Gasteiger partial charge >= 0.3 is 0 Å². The summed E-state index contributed by atoms with van der Waals surface area (Å²) in [6.07, 6.45) is 8.04. The summed E-state index contributed by atoms with van der Waals surface area (Å²) in [7, 11) is 0. The van der Waals surface area contributed by atoms with E-state index in [0.717, 1.165) is 35.5 Å². The Bertz CT molecular complexity index is 299. The molecule has 0 spiro atoms. The van der Waals surface area contributed by atoms with Crippen LogP contribution < -0.4 is 0 Å². The van der Waals surface area contributed by atoms with Crippen molar-refractivity contribution in [1.82, 2.24) is 0 Å². The average molecular weight is 204 g/mol. The third-order valence-electron chi connectivity index (χ3n) is 6.17. The molecule has 3 rings (SSSR count). The maximum absolute atomic E-state index is 2.52. The molecule has 15 heavy (non-hydrogen) atoms. The highest BCUT2D eigenvalue weighted by molar-refractivity contribution is 5.24. The molecule has 0 heterocycles. The Morgan fingerprint density at radius 1 is 1.07 bits per heavy atom. The van der Waals surface area contributed by atoms with Gasteiger partial charge in [-0.3, -0.25) is 0 Å². The van der Waals surface area contributed by atoms with Crippen molar-refractivity contribution in [2.75, 3.05) is 0 Å². The molecule has 5 unspecified atom stereocenters. The van der Waals surface area contributed by atoms with E-state index < -0.39 is 0 Å². The standard InChI is InChI=1S/C15H24/c1-9-10(2)14(12-5-6-12)13-7-8-15(13,4)11(9)3/h7-14H,5-6H2,1-4H3/t9?,10?,11?,13?,14-,15?/m1/s1. The van der Waals surface area contributed by atoms with Gasteiger partial charge in [0.25, 0.3) is 0 Å². The van der Waals surface area contributed by atoms with E-state index in [2.05, 4.69) is 39.8 Å². The fourth-order valence-electron chi connectivity index (χ4n) is 4.41. The second-order valence-corrected chi connectivity index (χ2v) is 6.67. The Morgan fingerprint density at radius 2 is 1.73 bits per heavy atom. The quantitative estimate of drug-likeness (QED) is 0.563. The molecule has 0 radical (unpaired) electrons. The fourth-order valence-corrected chi connectivity index (χ4v) is 4.41. The van der Waals surface area contributed by atoms with E-state index in [-0.39, 0.29) is 0 Å². The van der Waals surface area contributed by atoms with Crippen molar-refractivity contribution < 1.29 is 0 Å². The van der Waals surface area contributed by atoms with E-state index in [1.807, 2.05) is 0 Å². The summed E-state index contributed by atoms with van der Waals surface area (Å²) in [6, 6.07) is 0. The third kappa shape index (κ3) is 1.14. The molecular formula is C15H24. The minimum Gasteiger partial charge on any atom is -0.0837 e. The first-order valence-corrected chi connectivity index (χ1v) is 6.75. The Labute approximate surface area is 94.1 Å². The number of fused-ring (bicyclic) bond motifs is 1. The maximum atomic E-state index is 2.52. The second kappa shape index (κ2) is 2.90. The van der Waals surface area contributed by atoms with Gasteiger partial charge in [0.2, 0.25) is 0 Å². The lowest BCUT2D eigenvalue weighted by Gasteiger charge is -2.58. The summed E-state index contributed by atoms with van der Waals surface area (Å²) in [5, 5.41) is 0. The number of hydrogen-bond donors (Lipinski definition) is 0. The predicted molar refractivity (Wildman–Crippen MR) is 64.4 cm³/mol. The van der Waals surface area contributed by atoms with Gasteiger partial charge < -0.3 is 0 Å². The average Bonchev–Trinajstić information content (AvgIpc) is 3.01. The van der Waals surface area contributed by atoms with Crippen LogP contribution >= 0.6 is 0 Å². The molecule has 0 nitrogen and oxygen atoms in total. The summed E-state index contributed by atoms with van der Waals surface area (Å²) in [6.45, 7) is 9.97. The Morgan fingerprint density at radius 3 is 2.20 bits per heavy atom. The van der Waals surface area contributed by atoms with E-state index in [9.17, 15) is 0 Å². The van der Waals surface area contributed by atoms with Gasteiger partial charge in [-0.1, -0.05) is 39.8 Å². The van der Waals surface area contributed by atoms with Crippen molar-refractivity contribution >= 4 is 0 Å². The fraction of sp³-hybridized carbons (Fsp3) is 0.867. The molecule has 0 bridgehead atoms. The number of rotatable bonds is 1. The number of allylic oxidation sites excluding steroid dienone is 2. The minimum atomic E-state index is 0.541. The molecule has 84 valence electrons. The monoisotopic (exact) mass is 204 g/mol. The summed E-state index contributed by atoms with van der Waals surface area (Å²) in [5.74, 6) is 5.71. The van der Waals surface area contributed by atoms with Crippen molar-refractivity contribution in [2.24, 2.45) is 40.9 Å². The summed E-state index contributed by atoms with van der Waals surface area (Å²) in [5.41, 5.74) is 0.541. The lowest BCUT2D eigenvalue weighted by molar-refractivity contribution is -0.0406. The van der Waals surface area contributed by atoms with Gasteiger partial charge in [0.1, 0.15) is 0 Å². The van der Waals surface area contributed by atoms with Crippen LogP contribution in [0.1, 0.15) is 40.5 Å². The lowest BCUT2D eigenvalue weighted by atomic mass is 9.46. The first-order chi connectivity index (χ1) is 7.05. The van der Waals surface area contributed by atoms with Gasteiger partial charge in [0, 0.05) is 0 Å². The van der Waals surface area contributed by atoms with E-state index >= 15 is 0 Å². The molecule has 0 aromatic heterocycles. The molecule has 0 heteroatoms. The normalized spacial score (nSPS) is 58.5. The molecule has 3 aliphatic rings. The molecule has 6 atom stereocenters. The van der Waals surface area contributed by atoms with Crippen molar-refractivity contribution in [3.8, 4) is 0 Å². The lowest BCUT2D eigenvalue weighted by Crippen LogP contribution is -2.52. The third-order valence-corrected chi connectivity index (χ3v) is 6.17. The van der Waals surface area contributed by atoms with Crippen LogP contribution in [0.5, 0.6) is 0 Å². The first kappa shape index (κ1) is 9.93. The molecule has 0 aromatic carbocycles. The van der Waals surface area contributed by atoms with Gasteiger partial charge in [-0.2, -0.15) is 0 Å². The van der Waals surface area contributed by atoms with E-state index in [0.29, 0.717) is 5.41 Å². The molecule has 0 aliphatic heterocycles. The maximum Gasteiger partial charge on any atom is -0.00526 e. The molecule has 2 fully saturated rings. The summed E-state index contributed by atoms with van der Waals surface area (Å²) >= 11 is 0. The van der Waals surface area contributed by atoms with E-state index in [4.69, 9.17) is 0 Å². The van der Waals surface area contributed by atoms with Gasteiger partial charge in [0.15, 0.2) is 0 Å². The van der Waals surface area contributed by atoms with Gasteiger partial charge in [0.05, 0.1) is 0 Å². The topological polar surface area (TPSA) is 0 Å². The van der Waals surface area contributed by atoms with Crippen molar-refractivity contribution in [3.63, 3.8) is 0 Å². The SMILES string of the molecule is CC1C(C)[C@H](C2CC2)C2C=CC2(C)C1C. The summed E-state index contributed by atoms with van der Waals surface area (Å²) in [4.78, 5) is 0. The van der Waals surface area contributed by atoms with E-state index in [1.165, 1.54) is 12.8 Å². The molecule has 0 aromatic rings. The van der Waals surface area contributed by atoms with Crippen molar-refractivity contribution in [2.45, 2.75) is 40.5 Å². The van der Waals surface area contributed by atoms with Crippen LogP contribution in [0.15, 0.2) is 12.2 Å². The molecular weight excluding hydrogens is 180 g/mol. The number of hydrogen-bond acceptors (Lipinski definition) is 0. The second-order valence-electron chi connectivity index (χ2n) is 6.67. The largest absolute Gasteiger partial charge is 0.0837 e. The van der Waals surface area contributed by atoms with Gasteiger partial charge in [-0.05, 0) is 53.8 Å². The Kier molecular flexibility index (Phi) is 1.92. The minimum absolute atomic E-state index is 0.541. The zero-order chi connectivity index (χ0) is 10.8. The Hall–Kier alpha value is -0.260. The van der Waals surface area contributed by atoms with Crippen LogP contribution in [-0.2, 0) is 0 Å². The predicted octanol–water partition coefficient (Wildman–Crippen LogP) is 4.13. The zero-order valence-electron chi connectivity index (χ0n) is 10.5. The smallest absolute Gasteiger partial charge is 0.00526 e.